The van der Waals surface area contributed by atoms with Gasteiger partial charge in [0.05, 0.1) is 38.9 Å². The molecule has 2 aromatic rings. The van der Waals surface area contributed by atoms with Crippen LogP contribution in [0.25, 0.3) is 10.8 Å². The third kappa shape index (κ3) is 3.60. The van der Waals surface area contributed by atoms with Gasteiger partial charge in [-0.1, -0.05) is 0 Å². The molecule has 0 radical (unpaired) electrons. The number of carbonyl (C=O) groups excluding carboxylic acids is 2. The summed E-state index contributed by atoms with van der Waals surface area (Å²) in [5.41, 5.74) is 0.233. The Morgan fingerprint density at radius 2 is 1.60 bits per heavy atom. The monoisotopic (exact) mass is 348 g/mol. The SMILES string of the molecule is CCOC(=O)c1cc(OC(C)=O)c2c(OC)c(OC)cc(OC)c2c1. The fourth-order valence-corrected chi connectivity index (χ4v) is 2.52. The molecule has 0 aliphatic carbocycles. The second kappa shape index (κ2) is 7.74. The van der Waals surface area contributed by atoms with Gasteiger partial charge in [-0.25, -0.2) is 4.79 Å². The van der Waals surface area contributed by atoms with Gasteiger partial charge in [0.25, 0.3) is 0 Å². The Morgan fingerprint density at radius 1 is 0.920 bits per heavy atom. The molecule has 7 nitrogen and oxygen atoms in total. The van der Waals surface area contributed by atoms with E-state index in [1.165, 1.54) is 34.3 Å². The van der Waals surface area contributed by atoms with Crippen LogP contribution in [-0.2, 0) is 9.53 Å². The Kier molecular flexibility index (Phi) is 5.69. The zero-order chi connectivity index (χ0) is 18.6. The lowest BCUT2D eigenvalue weighted by atomic mass is 10.0. The van der Waals surface area contributed by atoms with Crippen molar-refractivity contribution < 1.29 is 33.3 Å². The van der Waals surface area contributed by atoms with E-state index in [0.29, 0.717) is 28.0 Å². The number of hydrogen-bond donors (Lipinski definition) is 0. The average Bonchev–Trinajstić information content (AvgIpc) is 2.59. The molecule has 0 heterocycles. The highest BCUT2D eigenvalue weighted by atomic mass is 16.5. The molecule has 134 valence electrons. The van der Waals surface area contributed by atoms with Gasteiger partial charge in [0.2, 0.25) is 0 Å². The highest BCUT2D eigenvalue weighted by Crippen LogP contribution is 2.46. The van der Waals surface area contributed by atoms with Crippen LogP contribution in [0.5, 0.6) is 23.0 Å². The maximum Gasteiger partial charge on any atom is 0.338 e. The highest BCUT2D eigenvalue weighted by molar-refractivity contribution is 6.05. The first-order chi connectivity index (χ1) is 12.0. The quantitative estimate of drug-likeness (QED) is 0.586. The van der Waals surface area contributed by atoms with Crippen LogP contribution in [-0.4, -0.2) is 39.9 Å². The van der Waals surface area contributed by atoms with Gasteiger partial charge in [-0.05, 0) is 19.1 Å². The Bertz CT molecular complexity index is 811. The third-order valence-corrected chi connectivity index (χ3v) is 3.49. The number of rotatable bonds is 6. The van der Waals surface area contributed by atoms with Gasteiger partial charge in [-0.2, -0.15) is 0 Å². The maximum absolute atomic E-state index is 12.1. The molecule has 0 aliphatic rings. The van der Waals surface area contributed by atoms with Crippen LogP contribution in [0, 0.1) is 0 Å². The van der Waals surface area contributed by atoms with Crippen molar-refractivity contribution in [3.8, 4) is 23.0 Å². The molecule has 2 aromatic carbocycles. The number of benzene rings is 2. The van der Waals surface area contributed by atoms with Gasteiger partial charge in [0, 0.05) is 18.4 Å². The van der Waals surface area contributed by atoms with E-state index in [1.807, 2.05) is 0 Å². The Labute approximate surface area is 145 Å². The number of fused-ring (bicyclic) bond motifs is 1. The van der Waals surface area contributed by atoms with E-state index in [4.69, 9.17) is 23.7 Å². The van der Waals surface area contributed by atoms with Gasteiger partial charge in [0.1, 0.15) is 11.5 Å². The number of carbonyl (C=O) groups is 2. The molecule has 0 spiro atoms. The molecule has 0 aromatic heterocycles. The fourth-order valence-electron chi connectivity index (χ4n) is 2.52. The summed E-state index contributed by atoms with van der Waals surface area (Å²) in [5.74, 6) is 0.296. The molecule has 7 heteroatoms. The first kappa shape index (κ1) is 18.4. The summed E-state index contributed by atoms with van der Waals surface area (Å²) in [6.07, 6.45) is 0. The number of ether oxygens (including phenoxy) is 5. The van der Waals surface area contributed by atoms with Crippen LogP contribution in [0.15, 0.2) is 18.2 Å². The first-order valence-corrected chi connectivity index (χ1v) is 7.59. The standard InChI is InChI=1S/C18H20O7/c1-6-24-18(20)11-7-12-13(21-3)9-15(22-4)17(23-5)16(12)14(8-11)25-10(2)19/h7-9H,6H2,1-5H3. The summed E-state index contributed by atoms with van der Waals surface area (Å²) in [7, 11) is 4.45. The van der Waals surface area contributed by atoms with E-state index in [2.05, 4.69) is 0 Å². The van der Waals surface area contributed by atoms with Gasteiger partial charge < -0.3 is 23.7 Å². The van der Waals surface area contributed by atoms with Crippen molar-refractivity contribution in [2.24, 2.45) is 0 Å². The largest absolute Gasteiger partial charge is 0.496 e. The minimum absolute atomic E-state index is 0.155. The van der Waals surface area contributed by atoms with E-state index in [-0.39, 0.29) is 17.9 Å². The molecule has 0 amide bonds. The molecule has 2 rings (SSSR count). The van der Waals surface area contributed by atoms with Crippen LogP contribution in [0.2, 0.25) is 0 Å². The second-order valence-electron chi connectivity index (χ2n) is 5.03. The lowest BCUT2D eigenvalue weighted by Crippen LogP contribution is -2.08. The summed E-state index contributed by atoms with van der Waals surface area (Å²) >= 11 is 0. The number of methoxy groups -OCH3 is 3. The molecule has 0 bridgehead atoms. The van der Waals surface area contributed by atoms with Gasteiger partial charge >= 0.3 is 11.9 Å². The van der Waals surface area contributed by atoms with Crippen LogP contribution < -0.4 is 18.9 Å². The van der Waals surface area contributed by atoms with Gasteiger partial charge in [0.15, 0.2) is 11.5 Å². The molecule has 0 unspecified atom stereocenters. The predicted molar refractivity (Wildman–Crippen MR) is 90.9 cm³/mol. The van der Waals surface area contributed by atoms with Crippen LogP contribution >= 0.6 is 0 Å². The van der Waals surface area contributed by atoms with E-state index in [1.54, 1.807) is 19.1 Å². The van der Waals surface area contributed by atoms with Crippen molar-refractivity contribution in [2.75, 3.05) is 27.9 Å². The van der Waals surface area contributed by atoms with Crippen LogP contribution in [0.1, 0.15) is 24.2 Å². The highest BCUT2D eigenvalue weighted by Gasteiger charge is 2.22. The minimum Gasteiger partial charge on any atom is -0.496 e. The Hall–Kier alpha value is -2.96. The van der Waals surface area contributed by atoms with Crippen molar-refractivity contribution in [2.45, 2.75) is 13.8 Å². The summed E-state index contributed by atoms with van der Waals surface area (Å²) in [6, 6.07) is 4.66. The van der Waals surface area contributed by atoms with E-state index < -0.39 is 11.9 Å². The van der Waals surface area contributed by atoms with Crippen molar-refractivity contribution in [3.05, 3.63) is 23.8 Å². The lowest BCUT2D eigenvalue weighted by Gasteiger charge is -2.17. The zero-order valence-corrected chi connectivity index (χ0v) is 14.8. The van der Waals surface area contributed by atoms with Gasteiger partial charge in [-0.3, -0.25) is 4.79 Å². The molecular formula is C18H20O7. The van der Waals surface area contributed by atoms with Crippen LogP contribution in [0.4, 0.5) is 0 Å². The van der Waals surface area contributed by atoms with Gasteiger partial charge in [-0.15, -0.1) is 0 Å². The van der Waals surface area contributed by atoms with Crippen molar-refractivity contribution in [1.82, 2.24) is 0 Å². The number of esters is 2. The summed E-state index contributed by atoms with van der Waals surface area (Å²) in [5, 5.41) is 0.990. The fraction of sp³-hybridized carbons (Fsp3) is 0.333. The Balaban J connectivity index is 2.89. The second-order valence-corrected chi connectivity index (χ2v) is 5.03. The average molecular weight is 348 g/mol. The zero-order valence-electron chi connectivity index (χ0n) is 14.8. The molecule has 0 atom stereocenters. The topological polar surface area (TPSA) is 80.3 Å². The maximum atomic E-state index is 12.1. The van der Waals surface area contributed by atoms with E-state index >= 15 is 0 Å². The molecular weight excluding hydrogens is 328 g/mol. The lowest BCUT2D eigenvalue weighted by molar-refractivity contribution is -0.131. The Morgan fingerprint density at radius 3 is 2.12 bits per heavy atom. The normalized spacial score (nSPS) is 10.3. The van der Waals surface area contributed by atoms with E-state index in [9.17, 15) is 9.59 Å². The molecule has 0 saturated carbocycles. The van der Waals surface area contributed by atoms with Crippen LogP contribution in [0.3, 0.4) is 0 Å². The smallest absolute Gasteiger partial charge is 0.338 e. The molecule has 0 fully saturated rings. The van der Waals surface area contributed by atoms with Crippen molar-refractivity contribution >= 4 is 22.7 Å². The summed E-state index contributed by atoms with van der Waals surface area (Å²) in [4.78, 5) is 23.7. The summed E-state index contributed by atoms with van der Waals surface area (Å²) in [6.45, 7) is 3.20. The first-order valence-electron chi connectivity index (χ1n) is 7.59. The third-order valence-electron chi connectivity index (χ3n) is 3.49. The molecule has 0 aliphatic heterocycles. The van der Waals surface area contributed by atoms with E-state index in [0.717, 1.165) is 0 Å². The van der Waals surface area contributed by atoms with Crippen molar-refractivity contribution in [1.29, 1.82) is 0 Å². The predicted octanol–water partition coefficient (Wildman–Crippen LogP) is 2.97. The van der Waals surface area contributed by atoms with Crippen molar-refractivity contribution in [3.63, 3.8) is 0 Å². The molecule has 25 heavy (non-hydrogen) atoms. The minimum atomic E-state index is -0.536. The number of hydrogen-bond acceptors (Lipinski definition) is 7. The summed E-state index contributed by atoms with van der Waals surface area (Å²) < 4.78 is 26.5. The molecule has 0 saturated heterocycles. The molecule has 0 N–H and O–H groups in total.